The minimum absolute atomic E-state index is 0.0540. The van der Waals surface area contributed by atoms with Gasteiger partial charge in [-0.3, -0.25) is 25.0 Å². The highest BCUT2D eigenvalue weighted by Crippen LogP contribution is 2.21. The van der Waals surface area contributed by atoms with Gasteiger partial charge in [0.05, 0.1) is 19.5 Å². The Bertz CT molecular complexity index is 989. The Hall–Kier alpha value is -3.53. The second kappa shape index (κ2) is 10.3. The molecule has 0 aliphatic heterocycles. The van der Waals surface area contributed by atoms with Crippen molar-refractivity contribution in [3.8, 4) is 17.2 Å². The number of hydrogen-bond acceptors (Lipinski definition) is 7. The number of thioether (sulfide) groups is 1. The molecule has 10 heteroatoms. The van der Waals surface area contributed by atoms with Crippen LogP contribution in [0.1, 0.15) is 17.3 Å². The first-order valence-corrected chi connectivity index (χ1v) is 10.1. The highest BCUT2D eigenvalue weighted by molar-refractivity contribution is 7.99. The van der Waals surface area contributed by atoms with E-state index < -0.39 is 5.91 Å². The van der Waals surface area contributed by atoms with Gasteiger partial charge in [-0.25, -0.2) is 0 Å². The van der Waals surface area contributed by atoms with Crippen LogP contribution in [0, 0.1) is 0 Å². The van der Waals surface area contributed by atoms with Gasteiger partial charge in [0, 0.05) is 11.3 Å². The van der Waals surface area contributed by atoms with Crippen LogP contribution in [0.5, 0.6) is 11.5 Å². The first kappa shape index (κ1) is 21.2. The zero-order valence-corrected chi connectivity index (χ0v) is 17.3. The van der Waals surface area contributed by atoms with E-state index in [1.807, 2.05) is 31.2 Å². The SMILES string of the molecule is CCOc1ccc(C(=O)NNC(=O)CSc2nncn2-c2ccc(OC)cc2)cc1. The Morgan fingerprint density at radius 2 is 1.73 bits per heavy atom. The van der Waals surface area contributed by atoms with Crippen LogP contribution in [0.3, 0.4) is 0 Å². The van der Waals surface area contributed by atoms with Gasteiger partial charge >= 0.3 is 0 Å². The fraction of sp³-hybridized carbons (Fsp3) is 0.200. The van der Waals surface area contributed by atoms with Crippen LogP contribution >= 0.6 is 11.8 Å². The summed E-state index contributed by atoms with van der Waals surface area (Å²) in [6.45, 7) is 2.43. The van der Waals surface area contributed by atoms with E-state index in [2.05, 4.69) is 21.0 Å². The van der Waals surface area contributed by atoms with E-state index in [0.29, 0.717) is 23.1 Å². The Balaban J connectivity index is 1.50. The third-order valence-electron chi connectivity index (χ3n) is 3.94. The maximum Gasteiger partial charge on any atom is 0.269 e. The average Bonchev–Trinajstić information content (AvgIpc) is 3.25. The van der Waals surface area contributed by atoms with E-state index in [0.717, 1.165) is 11.4 Å². The molecule has 1 aromatic heterocycles. The highest BCUT2D eigenvalue weighted by atomic mass is 32.2. The number of carbonyl (C=O) groups excluding carboxylic acids is 2. The van der Waals surface area contributed by atoms with Crippen molar-refractivity contribution in [3.05, 3.63) is 60.4 Å². The summed E-state index contributed by atoms with van der Waals surface area (Å²) < 4.78 is 12.2. The lowest BCUT2D eigenvalue weighted by Gasteiger charge is -2.09. The van der Waals surface area contributed by atoms with E-state index in [1.165, 1.54) is 11.8 Å². The lowest BCUT2D eigenvalue weighted by molar-refractivity contribution is -0.119. The Kier molecular flexibility index (Phi) is 7.28. The normalized spacial score (nSPS) is 10.3. The van der Waals surface area contributed by atoms with Gasteiger partial charge in [-0.15, -0.1) is 10.2 Å². The first-order chi connectivity index (χ1) is 14.6. The molecule has 0 saturated carbocycles. The van der Waals surface area contributed by atoms with E-state index in [9.17, 15) is 9.59 Å². The van der Waals surface area contributed by atoms with Gasteiger partial charge in [0.25, 0.3) is 5.91 Å². The second-order valence-electron chi connectivity index (χ2n) is 5.93. The number of ether oxygens (including phenoxy) is 2. The van der Waals surface area contributed by atoms with Crippen molar-refractivity contribution in [1.29, 1.82) is 0 Å². The topological polar surface area (TPSA) is 107 Å². The Morgan fingerprint density at radius 3 is 2.40 bits per heavy atom. The molecule has 0 unspecified atom stereocenters. The minimum Gasteiger partial charge on any atom is -0.497 e. The molecule has 156 valence electrons. The van der Waals surface area contributed by atoms with Crippen molar-refractivity contribution < 1.29 is 19.1 Å². The van der Waals surface area contributed by atoms with Crippen molar-refractivity contribution in [2.45, 2.75) is 12.1 Å². The van der Waals surface area contributed by atoms with Gasteiger partial charge in [0.2, 0.25) is 5.91 Å². The summed E-state index contributed by atoms with van der Waals surface area (Å²) in [5.74, 6) is 0.679. The zero-order valence-electron chi connectivity index (χ0n) is 16.5. The molecule has 30 heavy (non-hydrogen) atoms. The number of rotatable bonds is 8. The molecular weight excluding hydrogens is 406 g/mol. The fourth-order valence-electron chi connectivity index (χ4n) is 2.48. The average molecular weight is 427 g/mol. The Labute approximate surface area is 177 Å². The van der Waals surface area contributed by atoms with Crippen molar-refractivity contribution in [1.82, 2.24) is 25.6 Å². The molecule has 9 nitrogen and oxygen atoms in total. The number of hydrogen-bond donors (Lipinski definition) is 2. The summed E-state index contributed by atoms with van der Waals surface area (Å²) in [6.07, 6.45) is 1.57. The van der Waals surface area contributed by atoms with Gasteiger partial charge in [0.1, 0.15) is 17.8 Å². The molecule has 3 rings (SSSR count). The second-order valence-corrected chi connectivity index (χ2v) is 6.87. The van der Waals surface area contributed by atoms with E-state index in [1.54, 1.807) is 42.3 Å². The molecule has 0 bridgehead atoms. The van der Waals surface area contributed by atoms with Crippen LogP contribution < -0.4 is 20.3 Å². The zero-order chi connectivity index (χ0) is 21.3. The summed E-state index contributed by atoms with van der Waals surface area (Å²) in [5, 5.41) is 8.49. The summed E-state index contributed by atoms with van der Waals surface area (Å²) in [6, 6.07) is 14.0. The lowest BCUT2D eigenvalue weighted by atomic mass is 10.2. The number of nitrogens with zero attached hydrogens (tertiary/aromatic N) is 3. The summed E-state index contributed by atoms with van der Waals surface area (Å²) >= 11 is 1.20. The van der Waals surface area contributed by atoms with Gasteiger partial charge in [-0.2, -0.15) is 0 Å². The number of methoxy groups -OCH3 is 1. The summed E-state index contributed by atoms with van der Waals surface area (Å²) in [4.78, 5) is 24.2. The molecule has 0 aliphatic carbocycles. The van der Waals surface area contributed by atoms with Crippen LogP contribution in [0.25, 0.3) is 5.69 Å². The third-order valence-corrected chi connectivity index (χ3v) is 4.89. The highest BCUT2D eigenvalue weighted by Gasteiger charge is 2.12. The molecule has 2 N–H and O–H groups in total. The third kappa shape index (κ3) is 5.51. The number of hydrazine groups is 1. The predicted molar refractivity (Wildman–Crippen MR) is 112 cm³/mol. The molecule has 0 atom stereocenters. The standard InChI is InChI=1S/C20H21N5O4S/c1-3-29-17-8-4-14(5-9-17)19(27)23-22-18(26)12-30-20-24-21-13-25(20)15-6-10-16(28-2)11-7-15/h4-11,13H,3,12H2,1-2H3,(H,22,26)(H,23,27). The van der Waals surface area contributed by atoms with Crippen LogP contribution in [0.4, 0.5) is 0 Å². The van der Waals surface area contributed by atoms with Gasteiger partial charge in [-0.1, -0.05) is 11.8 Å². The van der Waals surface area contributed by atoms with Crippen molar-refractivity contribution in [3.63, 3.8) is 0 Å². The van der Waals surface area contributed by atoms with Crippen LogP contribution in [-0.4, -0.2) is 46.0 Å². The van der Waals surface area contributed by atoms with Gasteiger partial charge < -0.3 is 9.47 Å². The van der Waals surface area contributed by atoms with Crippen molar-refractivity contribution >= 4 is 23.6 Å². The molecular formula is C20H21N5O4S. The molecule has 0 saturated heterocycles. The largest absolute Gasteiger partial charge is 0.497 e. The van der Waals surface area contributed by atoms with Crippen LogP contribution in [0.15, 0.2) is 60.0 Å². The number of nitrogens with one attached hydrogen (secondary N) is 2. The molecule has 2 amide bonds. The minimum atomic E-state index is -0.419. The molecule has 0 radical (unpaired) electrons. The van der Waals surface area contributed by atoms with Crippen LogP contribution in [0.2, 0.25) is 0 Å². The van der Waals surface area contributed by atoms with E-state index in [4.69, 9.17) is 9.47 Å². The summed E-state index contributed by atoms with van der Waals surface area (Å²) in [5.41, 5.74) is 6.03. The fourth-order valence-corrected chi connectivity index (χ4v) is 3.21. The number of aromatic nitrogens is 3. The Morgan fingerprint density at radius 1 is 1.03 bits per heavy atom. The molecule has 3 aromatic rings. The van der Waals surface area contributed by atoms with Crippen LogP contribution in [-0.2, 0) is 4.79 Å². The quantitative estimate of drug-likeness (QED) is 0.419. The van der Waals surface area contributed by atoms with Gasteiger partial charge in [0.15, 0.2) is 5.16 Å². The number of carbonyl (C=O) groups is 2. The number of amides is 2. The maximum atomic E-state index is 12.1. The van der Waals surface area contributed by atoms with Crippen molar-refractivity contribution in [2.75, 3.05) is 19.5 Å². The first-order valence-electron chi connectivity index (χ1n) is 9.10. The lowest BCUT2D eigenvalue weighted by Crippen LogP contribution is -2.42. The molecule has 0 spiro atoms. The monoisotopic (exact) mass is 427 g/mol. The maximum absolute atomic E-state index is 12.1. The van der Waals surface area contributed by atoms with E-state index in [-0.39, 0.29) is 11.7 Å². The molecule has 1 heterocycles. The summed E-state index contributed by atoms with van der Waals surface area (Å²) in [7, 11) is 1.60. The van der Waals surface area contributed by atoms with Gasteiger partial charge in [-0.05, 0) is 55.5 Å². The molecule has 0 fully saturated rings. The number of benzene rings is 2. The smallest absolute Gasteiger partial charge is 0.269 e. The predicted octanol–water partition coefficient (Wildman–Crippen LogP) is 2.23. The van der Waals surface area contributed by atoms with Crippen molar-refractivity contribution in [2.24, 2.45) is 0 Å². The molecule has 2 aromatic carbocycles. The van der Waals surface area contributed by atoms with E-state index >= 15 is 0 Å². The molecule has 0 aliphatic rings.